The van der Waals surface area contributed by atoms with Crippen LogP contribution in [0.5, 0.6) is 0 Å². The van der Waals surface area contributed by atoms with E-state index in [0.717, 1.165) is 47.7 Å². The van der Waals surface area contributed by atoms with Crippen LogP contribution in [0.15, 0.2) is 47.5 Å². The smallest absolute Gasteiger partial charge is 0.255 e. The molecule has 5 nitrogen and oxygen atoms in total. The summed E-state index contributed by atoms with van der Waals surface area (Å²) < 4.78 is 0. The summed E-state index contributed by atoms with van der Waals surface area (Å²) in [7, 11) is 0. The molecule has 0 fully saturated rings. The largest absolute Gasteiger partial charge is 0.322 e. The number of H-pyrrole nitrogens is 1. The molecular weight excluding hydrogens is 302 g/mol. The van der Waals surface area contributed by atoms with Crippen LogP contribution in [0.2, 0.25) is 0 Å². The maximum absolute atomic E-state index is 12.3. The first-order valence-electron chi connectivity index (χ1n) is 8.11. The molecule has 1 aliphatic carbocycles. The van der Waals surface area contributed by atoms with Gasteiger partial charge in [-0.25, -0.2) is 0 Å². The van der Waals surface area contributed by atoms with Crippen molar-refractivity contribution >= 4 is 22.5 Å². The van der Waals surface area contributed by atoms with Crippen molar-refractivity contribution in [1.29, 1.82) is 0 Å². The normalized spacial score (nSPS) is 13.5. The topological polar surface area (TPSA) is 74.8 Å². The van der Waals surface area contributed by atoms with Gasteiger partial charge in [0, 0.05) is 34.6 Å². The molecular formula is C19H17N3O2. The average Bonchev–Trinajstić information content (AvgIpc) is 2.62. The Bertz CT molecular complexity index is 977. The minimum Gasteiger partial charge on any atom is -0.322 e. The van der Waals surface area contributed by atoms with Crippen LogP contribution in [0, 0.1) is 0 Å². The van der Waals surface area contributed by atoms with Crippen LogP contribution >= 0.6 is 0 Å². The molecule has 24 heavy (non-hydrogen) atoms. The van der Waals surface area contributed by atoms with Crippen LogP contribution in [0.25, 0.3) is 10.9 Å². The SMILES string of the molecule is O=C(Nc1ccc2c3c(c(=O)[nH]c2c1)CCCC3)c1ccncc1. The molecule has 0 saturated heterocycles. The van der Waals surface area contributed by atoms with Crippen LogP contribution in [0.4, 0.5) is 5.69 Å². The zero-order valence-electron chi connectivity index (χ0n) is 13.1. The zero-order chi connectivity index (χ0) is 16.5. The highest BCUT2D eigenvalue weighted by Gasteiger charge is 2.16. The van der Waals surface area contributed by atoms with E-state index < -0.39 is 0 Å². The predicted octanol–water partition coefficient (Wildman–Crippen LogP) is 3.05. The third-order valence-electron chi connectivity index (χ3n) is 4.54. The van der Waals surface area contributed by atoms with Crippen LogP contribution in [0.3, 0.4) is 0 Å². The molecule has 0 aliphatic heterocycles. The highest BCUT2D eigenvalue weighted by Crippen LogP contribution is 2.27. The van der Waals surface area contributed by atoms with Crippen molar-refractivity contribution in [2.75, 3.05) is 5.32 Å². The van der Waals surface area contributed by atoms with E-state index in [1.807, 2.05) is 18.2 Å². The van der Waals surface area contributed by atoms with Crippen molar-refractivity contribution in [3.8, 4) is 0 Å². The molecule has 2 N–H and O–H groups in total. The molecule has 1 amide bonds. The Hall–Kier alpha value is -2.95. The van der Waals surface area contributed by atoms with Gasteiger partial charge in [0.1, 0.15) is 0 Å². The molecule has 0 spiro atoms. The van der Waals surface area contributed by atoms with Gasteiger partial charge in [-0.1, -0.05) is 6.07 Å². The molecule has 3 aromatic rings. The second-order valence-electron chi connectivity index (χ2n) is 6.07. The Morgan fingerprint density at radius 1 is 1.04 bits per heavy atom. The lowest BCUT2D eigenvalue weighted by Gasteiger charge is -2.17. The average molecular weight is 319 g/mol. The number of carbonyl (C=O) groups excluding carboxylic acids is 1. The second-order valence-corrected chi connectivity index (χ2v) is 6.07. The first kappa shape index (κ1) is 14.6. The number of rotatable bonds is 2. The van der Waals surface area contributed by atoms with Gasteiger partial charge < -0.3 is 10.3 Å². The minimum absolute atomic E-state index is 0.00481. The summed E-state index contributed by atoms with van der Waals surface area (Å²) in [5.74, 6) is -0.197. The molecule has 0 bridgehead atoms. The Kier molecular flexibility index (Phi) is 3.61. The summed E-state index contributed by atoms with van der Waals surface area (Å²) in [5.41, 5.74) is 4.05. The summed E-state index contributed by atoms with van der Waals surface area (Å²) >= 11 is 0. The molecule has 1 aliphatic rings. The van der Waals surface area contributed by atoms with Gasteiger partial charge in [-0.2, -0.15) is 0 Å². The number of anilines is 1. The zero-order valence-corrected chi connectivity index (χ0v) is 13.1. The lowest BCUT2D eigenvalue weighted by atomic mass is 9.90. The number of nitrogens with zero attached hydrogens (tertiary/aromatic N) is 1. The highest BCUT2D eigenvalue weighted by atomic mass is 16.1. The van der Waals surface area contributed by atoms with E-state index >= 15 is 0 Å². The first-order chi connectivity index (χ1) is 11.7. The van der Waals surface area contributed by atoms with Crippen molar-refractivity contribution in [2.24, 2.45) is 0 Å². The molecule has 120 valence electrons. The fraction of sp³-hybridized carbons (Fsp3) is 0.211. The number of carbonyl (C=O) groups is 1. The standard InChI is InChI=1S/C19H17N3O2/c23-18(12-7-9-20-10-8-12)21-13-5-6-15-14-3-1-2-4-16(14)19(24)22-17(15)11-13/h5-11H,1-4H2,(H,21,23)(H,22,24). The second kappa shape index (κ2) is 5.92. The van der Waals surface area contributed by atoms with Crippen LogP contribution in [-0.4, -0.2) is 15.9 Å². The first-order valence-corrected chi connectivity index (χ1v) is 8.11. The van der Waals surface area contributed by atoms with Crippen molar-refractivity contribution in [3.63, 3.8) is 0 Å². The van der Waals surface area contributed by atoms with E-state index in [9.17, 15) is 9.59 Å². The van der Waals surface area contributed by atoms with E-state index in [2.05, 4.69) is 15.3 Å². The van der Waals surface area contributed by atoms with E-state index in [1.54, 1.807) is 24.5 Å². The van der Waals surface area contributed by atoms with Crippen molar-refractivity contribution in [2.45, 2.75) is 25.7 Å². The van der Waals surface area contributed by atoms with E-state index in [4.69, 9.17) is 0 Å². The number of amides is 1. The highest BCUT2D eigenvalue weighted by molar-refractivity contribution is 6.05. The Balaban J connectivity index is 1.71. The van der Waals surface area contributed by atoms with Gasteiger partial charge in [-0.15, -0.1) is 0 Å². The summed E-state index contributed by atoms with van der Waals surface area (Å²) in [4.78, 5) is 31.4. The van der Waals surface area contributed by atoms with E-state index in [0.29, 0.717) is 11.3 Å². The number of hydrogen-bond donors (Lipinski definition) is 2. The van der Waals surface area contributed by atoms with Crippen LogP contribution in [0.1, 0.15) is 34.3 Å². The fourth-order valence-corrected chi connectivity index (χ4v) is 3.35. The van der Waals surface area contributed by atoms with Crippen molar-refractivity contribution in [1.82, 2.24) is 9.97 Å². The Morgan fingerprint density at radius 2 is 1.79 bits per heavy atom. The van der Waals surface area contributed by atoms with E-state index in [-0.39, 0.29) is 11.5 Å². The molecule has 0 saturated carbocycles. The molecule has 0 atom stereocenters. The lowest BCUT2D eigenvalue weighted by molar-refractivity contribution is 0.102. The van der Waals surface area contributed by atoms with Crippen LogP contribution in [-0.2, 0) is 12.8 Å². The summed E-state index contributed by atoms with van der Waals surface area (Å²) in [5, 5.41) is 3.94. The number of nitrogens with one attached hydrogen (secondary N) is 2. The van der Waals surface area contributed by atoms with Crippen molar-refractivity contribution < 1.29 is 4.79 Å². The third kappa shape index (κ3) is 2.58. The quantitative estimate of drug-likeness (QED) is 0.762. The van der Waals surface area contributed by atoms with Gasteiger partial charge in [-0.05, 0) is 55.5 Å². The Morgan fingerprint density at radius 3 is 2.58 bits per heavy atom. The molecule has 0 radical (unpaired) electrons. The van der Waals surface area contributed by atoms with Crippen LogP contribution < -0.4 is 10.9 Å². The summed E-state index contributed by atoms with van der Waals surface area (Å²) in [6.07, 6.45) is 7.14. The third-order valence-corrected chi connectivity index (χ3v) is 4.54. The monoisotopic (exact) mass is 319 g/mol. The van der Waals surface area contributed by atoms with Gasteiger partial charge in [0.2, 0.25) is 0 Å². The maximum Gasteiger partial charge on any atom is 0.255 e. The molecule has 1 aromatic carbocycles. The van der Waals surface area contributed by atoms with Gasteiger partial charge >= 0.3 is 0 Å². The van der Waals surface area contributed by atoms with Gasteiger partial charge in [0.15, 0.2) is 0 Å². The number of benzene rings is 1. The number of hydrogen-bond acceptors (Lipinski definition) is 3. The summed E-state index contributed by atoms with van der Waals surface area (Å²) in [6.45, 7) is 0. The maximum atomic E-state index is 12.3. The molecule has 0 unspecified atom stereocenters. The number of aromatic nitrogens is 2. The molecule has 2 aromatic heterocycles. The molecule has 2 heterocycles. The number of aryl methyl sites for hydroxylation is 1. The summed E-state index contributed by atoms with van der Waals surface area (Å²) in [6, 6.07) is 9.01. The molecule has 5 heteroatoms. The van der Waals surface area contributed by atoms with Crippen molar-refractivity contribution in [3.05, 3.63) is 69.8 Å². The number of fused-ring (bicyclic) bond motifs is 3. The van der Waals surface area contributed by atoms with Gasteiger partial charge in [0.25, 0.3) is 11.5 Å². The fourth-order valence-electron chi connectivity index (χ4n) is 3.35. The number of aromatic amines is 1. The predicted molar refractivity (Wildman–Crippen MR) is 93.4 cm³/mol. The van der Waals surface area contributed by atoms with E-state index in [1.165, 1.54) is 0 Å². The minimum atomic E-state index is -0.197. The number of pyridine rings is 2. The molecule has 4 rings (SSSR count). The lowest BCUT2D eigenvalue weighted by Crippen LogP contribution is -2.19. The Labute approximate surface area is 138 Å². The van der Waals surface area contributed by atoms with Gasteiger partial charge in [-0.3, -0.25) is 14.6 Å². The van der Waals surface area contributed by atoms with Gasteiger partial charge in [0.05, 0.1) is 5.52 Å².